The molecular formula is C12H18FNO. The molecule has 0 spiro atoms. The van der Waals surface area contributed by atoms with Crippen molar-refractivity contribution in [3.63, 3.8) is 0 Å². The summed E-state index contributed by atoms with van der Waals surface area (Å²) in [4.78, 5) is 0. The van der Waals surface area contributed by atoms with E-state index in [2.05, 4.69) is 0 Å². The van der Waals surface area contributed by atoms with Gasteiger partial charge in [-0.15, -0.1) is 0 Å². The molecule has 0 radical (unpaired) electrons. The van der Waals surface area contributed by atoms with Crippen molar-refractivity contribution in [3.05, 3.63) is 29.1 Å². The fourth-order valence-corrected chi connectivity index (χ4v) is 1.76. The van der Waals surface area contributed by atoms with Crippen molar-refractivity contribution in [1.29, 1.82) is 0 Å². The number of hydrogen-bond donors (Lipinski definition) is 1. The first-order valence-corrected chi connectivity index (χ1v) is 5.14. The Labute approximate surface area is 90.2 Å². The number of ether oxygens (including phenoxy) is 1. The predicted molar refractivity (Wildman–Crippen MR) is 59.8 cm³/mol. The van der Waals surface area contributed by atoms with Gasteiger partial charge in [0.2, 0.25) is 0 Å². The van der Waals surface area contributed by atoms with Crippen molar-refractivity contribution in [2.24, 2.45) is 5.73 Å². The molecule has 0 aromatic heterocycles. The molecule has 84 valence electrons. The Hall–Kier alpha value is -1.09. The molecular weight excluding hydrogens is 193 g/mol. The lowest BCUT2D eigenvalue weighted by Crippen LogP contribution is -2.08. The molecule has 0 heterocycles. The third-order valence-electron chi connectivity index (χ3n) is 2.55. The van der Waals surface area contributed by atoms with E-state index in [0.717, 1.165) is 12.0 Å². The van der Waals surface area contributed by atoms with Crippen molar-refractivity contribution < 1.29 is 9.13 Å². The van der Waals surface area contributed by atoms with Crippen LogP contribution in [0.4, 0.5) is 4.39 Å². The minimum atomic E-state index is -0.201. The van der Waals surface area contributed by atoms with E-state index in [1.807, 2.05) is 19.9 Å². The maximum absolute atomic E-state index is 13.8. The molecule has 1 aromatic carbocycles. The van der Waals surface area contributed by atoms with Crippen LogP contribution in [0.25, 0.3) is 0 Å². The van der Waals surface area contributed by atoms with Gasteiger partial charge in [0.1, 0.15) is 11.6 Å². The van der Waals surface area contributed by atoms with Crippen molar-refractivity contribution in [1.82, 2.24) is 0 Å². The van der Waals surface area contributed by atoms with E-state index in [0.29, 0.717) is 17.9 Å². The summed E-state index contributed by atoms with van der Waals surface area (Å²) in [7, 11) is 1.56. The molecule has 1 aromatic rings. The van der Waals surface area contributed by atoms with Crippen LogP contribution in [0.1, 0.15) is 30.4 Å². The lowest BCUT2D eigenvalue weighted by atomic mass is 9.95. The first kappa shape index (κ1) is 12.0. The van der Waals surface area contributed by atoms with Gasteiger partial charge in [0, 0.05) is 5.56 Å². The summed E-state index contributed by atoms with van der Waals surface area (Å²) in [5.41, 5.74) is 6.98. The molecule has 3 heteroatoms. The number of benzene rings is 1. The maximum Gasteiger partial charge on any atom is 0.130 e. The average molecular weight is 211 g/mol. The van der Waals surface area contributed by atoms with Crippen LogP contribution < -0.4 is 10.5 Å². The fraction of sp³-hybridized carbons (Fsp3) is 0.500. The second kappa shape index (κ2) is 5.12. The van der Waals surface area contributed by atoms with Gasteiger partial charge in [0.25, 0.3) is 0 Å². The van der Waals surface area contributed by atoms with Crippen LogP contribution in [0.2, 0.25) is 0 Å². The summed E-state index contributed by atoms with van der Waals surface area (Å²) in [5.74, 6) is 0.506. The molecule has 15 heavy (non-hydrogen) atoms. The van der Waals surface area contributed by atoms with Gasteiger partial charge in [-0.3, -0.25) is 0 Å². The fourth-order valence-electron chi connectivity index (χ4n) is 1.76. The normalized spacial score (nSPS) is 12.6. The molecule has 0 amide bonds. The molecule has 2 N–H and O–H groups in total. The number of rotatable bonds is 4. The minimum Gasteiger partial charge on any atom is -0.496 e. The third-order valence-corrected chi connectivity index (χ3v) is 2.55. The Morgan fingerprint density at radius 2 is 2.13 bits per heavy atom. The highest BCUT2D eigenvalue weighted by atomic mass is 19.1. The number of methoxy groups -OCH3 is 1. The zero-order chi connectivity index (χ0) is 11.4. The Balaban J connectivity index is 3.14. The summed E-state index contributed by atoms with van der Waals surface area (Å²) in [6.45, 7) is 4.36. The average Bonchev–Trinajstić information content (AvgIpc) is 2.16. The van der Waals surface area contributed by atoms with Crippen LogP contribution in [0, 0.1) is 12.7 Å². The molecule has 1 atom stereocenters. The Morgan fingerprint density at radius 1 is 1.47 bits per heavy atom. The SMILES string of the molecule is COc1cc(C)cc(F)c1C(C)CCN. The number of nitrogens with two attached hydrogens (primary N) is 1. The highest BCUT2D eigenvalue weighted by molar-refractivity contribution is 5.40. The second-order valence-electron chi connectivity index (χ2n) is 3.84. The Kier molecular flexibility index (Phi) is 4.09. The molecule has 0 saturated carbocycles. The number of hydrogen-bond acceptors (Lipinski definition) is 2. The molecule has 0 bridgehead atoms. The van der Waals surface area contributed by atoms with Crippen molar-refractivity contribution in [2.45, 2.75) is 26.2 Å². The molecule has 1 unspecified atom stereocenters. The molecule has 1 rings (SSSR count). The van der Waals surface area contributed by atoms with E-state index in [4.69, 9.17) is 10.5 Å². The van der Waals surface area contributed by atoms with Gasteiger partial charge in [-0.1, -0.05) is 6.92 Å². The Bertz CT molecular complexity index is 339. The first-order chi connectivity index (χ1) is 7.10. The quantitative estimate of drug-likeness (QED) is 0.830. The van der Waals surface area contributed by atoms with Crippen molar-refractivity contribution in [2.75, 3.05) is 13.7 Å². The van der Waals surface area contributed by atoms with E-state index in [1.165, 1.54) is 6.07 Å². The predicted octanol–water partition coefficient (Wildman–Crippen LogP) is 2.60. The van der Waals surface area contributed by atoms with Crippen molar-refractivity contribution >= 4 is 0 Å². The monoisotopic (exact) mass is 211 g/mol. The lowest BCUT2D eigenvalue weighted by Gasteiger charge is -2.16. The van der Waals surface area contributed by atoms with Crippen LogP contribution in [0.3, 0.4) is 0 Å². The van der Waals surface area contributed by atoms with Crippen LogP contribution in [0.15, 0.2) is 12.1 Å². The van der Waals surface area contributed by atoms with Gasteiger partial charge in [0.15, 0.2) is 0 Å². The number of halogens is 1. The number of aryl methyl sites for hydroxylation is 1. The van der Waals surface area contributed by atoms with E-state index in [1.54, 1.807) is 7.11 Å². The van der Waals surface area contributed by atoms with E-state index in [9.17, 15) is 4.39 Å². The van der Waals surface area contributed by atoms with E-state index in [-0.39, 0.29) is 11.7 Å². The molecule has 0 aliphatic heterocycles. The van der Waals surface area contributed by atoms with Gasteiger partial charge in [-0.25, -0.2) is 4.39 Å². The minimum absolute atomic E-state index is 0.0885. The maximum atomic E-state index is 13.8. The smallest absolute Gasteiger partial charge is 0.130 e. The summed E-state index contributed by atoms with van der Waals surface area (Å²) in [6, 6.07) is 3.39. The largest absolute Gasteiger partial charge is 0.496 e. The summed E-state index contributed by atoms with van der Waals surface area (Å²) in [5, 5.41) is 0. The van der Waals surface area contributed by atoms with Crippen LogP contribution in [-0.2, 0) is 0 Å². The third kappa shape index (κ3) is 2.69. The van der Waals surface area contributed by atoms with Crippen molar-refractivity contribution in [3.8, 4) is 5.75 Å². The summed E-state index contributed by atoms with van der Waals surface area (Å²) < 4.78 is 18.9. The van der Waals surface area contributed by atoms with E-state index < -0.39 is 0 Å². The zero-order valence-corrected chi connectivity index (χ0v) is 9.51. The molecule has 0 saturated heterocycles. The van der Waals surface area contributed by atoms with Gasteiger partial charge >= 0.3 is 0 Å². The van der Waals surface area contributed by atoms with E-state index >= 15 is 0 Å². The van der Waals surface area contributed by atoms with Gasteiger partial charge in [0.05, 0.1) is 7.11 Å². The standard InChI is InChI=1S/C12H18FNO/c1-8-6-10(13)12(9(2)4-5-14)11(7-8)15-3/h6-7,9H,4-5,14H2,1-3H3. The summed E-state index contributed by atoms with van der Waals surface area (Å²) in [6.07, 6.45) is 0.760. The van der Waals surface area contributed by atoms with Gasteiger partial charge < -0.3 is 10.5 Å². The molecule has 0 aliphatic rings. The van der Waals surface area contributed by atoms with Crippen LogP contribution >= 0.6 is 0 Å². The molecule has 2 nitrogen and oxygen atoms in total. The summed E-state index contributed by atoms with van der Waals surface area (Å²) >= 11 is 0. The molecule has 0 aliphatic carbocycles. The van der Waals surface area contributed by atoms with Crippen LogP contribution in [0.5, 0.6) is 5.75 Å². The van der Waals surface area contributed by atoms with Crippen LogP contribution in [-0.4, -0.2) is 13.7 Å². The molecule has 0 fully saturated rings. The van der Waals surface area contributed by atoms with Gasteiger partial charge in [-0.2, -0.15) is 0 Å². The highest BCUT2D eigenvalue weighted by Gasteiger charge is 2.16. The zero-order valence-electron chi connectivity index (χ0n) is 9.51. The highest BCUT2D eigenvalue weighted by Crippen LogP contribution is 2.31. The lowest BCUT2D eigenvalue weighted by molar-refractivity contribution is 0.398. The second-order valence-corrected chi connectivity index (χ2v) is 3.84. The van der Waals surface area contributed by atoms with Gasteiger partial charge in [-0.05, 0) is 43.5 Å². The Morgan fingerprint density at radius 3 is 2.67 bits per heavy atom. The topological polar surface area (TPSA) is 35.2 Å². The first-order valence-electron chi connectivity index (χ1n) is 5.14.